The fourth-order valence-corrected chi connectivity index (χ4v) is 2.10. The lowest BCUT2D eigenvalue weighted by molar-refractivity contribution is -0.126. The number of carbonyl (C=O) groups is 1. The molecule has 2 N–H and O–H groups in total. The number of nitrogens with one attached hydrogen (secondary N) is 2. The Morgan fingerprint density at radius 3 is 3.25 bits per heavy atom. The maximum atomic E-state index is 11.9. The van der Waals surface area contributed by atoms with Crippen LogP contribution in [0.2, 0.25) is 0 Å². The van der Waals surface area contributed by atoms with Crippen molar-refractivity contribution in [3.8, 4) is 0 Å². The van der Waals surface area contributed by atoms with Gasteiger partial charge in [0.25, 0.3) is 0 Å². The van der Waals surface area contributed by atoms with Crippen molar-refractivity contribution in [2.45, 2.75) is 32.4 Å². The SMILES string of the molecule is CC1CC(C(=O)NCc2ccoc2)CCN1. The summed E-state index contributed by atoms with van der Waals surface area (Å²) in [5.41, 5.74) is 1.01. The maximum absolute atomic E-state index is 11.9. The topological polar surface area (TPSA) is 54.3 Å². The minimum atomic E-state index is 0.156. The smallest absolute Gasteiger partial charge is 0.223 e. The summed E-state index contributed by atoms with van der Waals surface area (Å²) in [6.45, 7) is 3.62. The van der Waals surface area contributed by atoms with Crippen LogP contribution < -0.4 is 10.6 Å². The van der Waals surface area contributed by atoms with Gasteiger partial charge >= 0.3 is 0 Å². The Morgan fingerprint density at radius 1 is 1.69 bits per heavy atom. The molecule has 1 aromatic heterocycles. The molecule has 88 valence electrons. The first kappa shape index (κ1) is 11.2. The van der Waals surface area contributed by atoms with Gasteiger partial charge in [0.1, 0.15) is 0 Å². The fourth-order valence-electron chi connectivity index (χ4n) is 2.10. The Hall–Kier alpha value is -1.29. The van der Waals surface area contributed by atoms with Crippen LogP contribution in [0.25, 0.3) is 0 Å². The minimum Gasteiger partial charge on any atom is -0.472 e. The maximum Gasteiger partial charge on any atom is 0.223 e. The van der Waals surface area contributed by atoms with E-state index in [1.807, 2.05) is 6.07 Å². The van der Waals surface area contributed by atoms with Gasteiger partial charge in [-0.05, 0) is 32.4 Å². The average molecular weight is 222 g/mol. The Labute approximate surface area is 95.4 Å². The van der Waals surface area contributed by atoms with Crippen LogP contribution in [0.5, 0.6) is 0 Å². The van der Waals surface area contributed by atoms with Crippen LogP contribution in [-0.2, 0) is 11.3 Å². The van der Waals surface area contributed by atoms with Crippen molar-refractivity contribution in [3.63, 3.8) is 0 Å². The van der Waals surface area contributed by atoms with Crippen LogP contribution in [0.15, 0.2) is 23.0 Å². The van der Waals surface area contributed by atoms with Gasteiger partial charge in [-0.2, -0.15) is 0 Å². The zero-order valence-electron chi connectivity index (χ0n) is 9.53. The van der Waals surface area contributed by atoms with Crippen LogP contribution in [-0.4, -0.2) is 18.5 Å². The summed E-state index contributed by atoms with van der Waals surface area (Å²) >= 11 is 0. The molecule has 1 saturated heterocycles. The third kappa shape index (κ3) is 2.85. The van der Waals surface area contributed by atoms with Crippen LogP contribution in [0, 0.1) is 5.92 Å². The Bertz CT molecular complexity index is 335. The highest BCUT2D eigenvalue weighted by molar-refractivity contribution is 5.78. The van der Waals surface area contributed by atoms with E-state index < -0.39 is 0 Å². The molecule has 1 fully saturated rings. The van der Waals surface area contributed by atoms with Gasteiger partial charge in [0.15, 0.2) is 0 Å². The van der Waals surface area contributed by atoms with Crippen molar-refractivity contribution in [2.75, 3.05) is 6.54 Å². The molecule has 16 heavy (non-hydrogen) atoms. The summed E-state index contributed by atoms with van der Waals surface area (Å²) in [6, 6.07) is 2.31. The Balaban J connectivity index is 1.79. The summed E-state index contributed by atoms with van der Waals surface area (Å²) in [5.74, 6) is 0.317. The van der Waals surface area contributed by atoms with E-state index in [0.717, 1.165) is 24.9 Å². The highest BCUT2D eigenvalue weighted by Crippen LogP contribution is 2.16. The first-order valence-corrected chi connectivity index (χ1v) is 5.78. The first-order chi connectivity index (χ1) is 7.75. The Kier molecular flexibility index (Phi) is 3.62. The molecule has 0 spiro atoms. The number of hydrogen-bond acceptors (Lipinski definition) is 3. The number of piperidine rings is 1. The van der Waals surface area contributed by atoms with Crippen LogP contribution in [0.4, 0.5) is 0 Å². The lowest BCUT2D eigenvalue weighted by Crippen LogP contribution is -2.42. The largest absolute Gasteiger partial charge is 0.472 e. The number of furan rings is 1. The predicted molar refractivity (Wildman–Crippen MR) is 60.7 cm³/mol. The van der Waals surface area contributed by atoms with Gasteiger partial charge < -0.3 is 15.1 Å². The molecule has 1 aliphatic rings. The molecule has 0 aromatic carbocycles. The second-order valence-electron chi connectivity index (χ2n) is 4.43. The summed E-state index contributed by atoms with van der Waals surface area (Å²) in [6.07, 6.45) is 5.14. The molecule has 1 aliphatic heterocycles. The van der Waals surface area contributed by atoms with E-state index in [-0.39, 0.29) is 11.8 Å². The summed E-state index contributed by atoms with van der Waals surface area (Å²) in [4.78, 5) is 11.9. The predicted octanol–water partition coefficient (Wildman–Crippen LogP) is 1.28. The van der Waals surface area contributed by atoms with E-state index in [9.17, 15) is 4.79 Å². The van der Waals surface area contributed by atoms with E-state index in [4.69, 9.17) is 4.42 Å². The van der Waals surface area contributed by atoms with Crippen molar-refractivity contribution in [2.24, 2.45) is 5.92 Å². The van der Waals surface area contributed by atoms with Gasteiger partial charge in [0.2, 0.25) is 5.91 Å². The molecule has 2 heterocycles. The van der Waals surface area contributed by atoms with Crippen molar-refractivity contribution in [1.82, 2.24) is 10.6 Å². The standard InChI is InChI=1S/C12H18N2O2/c1-9-6-11(2-4-13-9)12(15)14-7-10-3-5-16-8-10/h3,5,8-9,11,13H,2,4,6-7H2,1H3,(H,14,15). The molecule has 2 atom stereocenters. The highest BCUT2D eigenvalue weighted by Gasteiger charge is 2.24. The number of carbonyl (C=O) groups excluding carboxylic acids is 1. The first-order valence-electron chi connectivity index (χ1n) is 5.78. The van der Waals surface area contributed by atoms with Gasteiger partial charge in [-0.15, -0.1) is 0 Å². The van der Waals surface area contributed by atoms with E-state index >= 15 is 0 Å². The number of amides is 1. The summed E-state index contributed by atoms with van der Waals surface area (Å²) in [7, 11) is 0. The zero-order chi connectivity index (χ0) is 11.4. The van der Waals surface area contributed by atoms with E-state index in [1.54, 1.807) is 12.5 Å². The third-order valence-corrected chi connectivity index (χ3v) is 3.04. The van der Waals surface area contributed by atoms with Gasteiger partial charge in [0, 0.05) is 24.1 Å². The lowest BCUT2D eigenvalue weighted by Gasteiger charge is -2.27. The molecule has 0 bridgehead atoms. The van der Waals surface area contributed by atoms with Crippen LogP contribution in [0.1, 0.15) is 25.3 Å². The highest BCUT2D eigenvalue weighted by atomic mass is 16.3. The van der Waals surface area contributed by atoms with Gasteiger partial charge in [-0.3, -0.25) is 4.79 Å². The Morgan fingerprint density at radius 2 is 2.56 bits per heavy atom. The lowest BCUT2D eigenvalue weighted by atomic mass is 9.92. The molecular weight excluding hydrogens is 204 g/mol. The molecule has 4 nitrogen and oxygen atoms in total. The molecule has 0 saturated carbocycles. The molecule has 0 radical (unpaired) electrons. The molecule has 1 aromatic rings. The van der Waals surface area contributed by atoms with Crippen LogP contribution in [0.3, 0.4) is 0 Å². The molecule has 0 aliphatic carbocycles. The zero-order valence-corrected chi connectivity index (χ0v) is 9.53. The third-order valence-electron chi connectivity index (χ3n) is 3.04. The molecule has 2 rings (SSSR count). The van der Waals surface area contributed by atoms with E-state index in [2.05, 4.69) is 17.6 Å². The fraction of sp³-hybridized carbons (Fsp3) is 0.583. The molecule has 4 heteroatoms. The van der Waals surface area contributed by atoms with Gasteiger partial charge in [-0.1, -0.05) is 0 Å². The minimum absolute atomic E-state index is 0.156. The second-order valence-corrected chi connectivity index (χ2v) is 4.43. The normalized spacial score (nSPS) is 25.3. The van der Waals surface area contributed by atoms with Crippen molar-refractivity contribution < 1.29 is 9.21 Å². The van der Waals surface area contributed by atoms with Crippen molar-refractivity contribution >= 4 is 5.91 Å². The van der Waals surface area contributed by atoms with Crippen LogP contribution >= 0.6 is 0 Å². The molecule has 2 unspecified atom stereocenters. The molecule has 1 amide bonds. The summed E-state index contributed by atoms with van der Waals surface area (Å²) < 4.78 is 4.95. The van der Waals surface area contributed by atoms with Gasteiger partial charge in [-0.25, -0.2) is 0 Å². The average Bonchev–Trinajstić information content (AvgIpc) is 2.78. The number of rotatable bonds is 3. The number of hydrogen-bond donors (Lipinski definition) is 2. The summed E-state index contributed by atoms with van der Waals surface area (Å²) in [5, 5.41) is 6.29. The monoisotopic (exact) mass is 222 g/mol. The van der Waals surface area contributed by atoms with Gasteiger partial charge in [0.05, 0.1) is 12.5 Å². The quantitative estimate of drug-likeness (QED) is 0.810. The van der Waals surface area contributed by atoms with Crippen molar-refractivity contribution in [1.29, 1.82) is 0 Å². The van der Waals surface area contributed by atoms with E-state index in [0.29, 0.717) is 12.6 Å². The van der Waals surface area contributed by atoms with E-state index in [1.165, 1.54) is 0 Å². The molecular formula is C12H18N2O2. The van der Waals surface area contributed by atoms with Crippen molar-refractivity contribution in [3.05, 3.63) is 24.2 Å². The second kappa shape index (κ2) is 5.16.